The maximum Gasteiger partial charge on any atom is 0.291 e. The molecule has 0 spiro atoms. The van der Waals surface area contributed by atoms with Crippen LogP contribution in [0.15, 0.2) is 49.3 Å². The lowest BCUT2D eigenvalue weighted by Crippen LogP contribution is -2.32. The highest BCUT2D eigenvalue weighted by molar-refractivity contribution is 7.18. The third-order valence-electron chi connectivity index (χ3n) is 2.57. The van der Waals surface area contributed by atoms with E-state index in [9.17, 15) is 0 Å². The Labute approximate surface area is 117 Å². The Bertz CT molecular complexity index is 685. The van der Waals surface area contributed by atoms with Crippen molar-refractivity contribution in [3.8, 4) is 17.4 Å². The largest absolute Gasteiger partial charge is 0.439 e. The topological polar surface area (TPSA) is 79.6 Å². The van der Waals surface area contributed by atoms with Crippen molar-refractivity contribution in [2.45, 2.75) is 0 Å². The number of aromatic nitrogens is 5. The van der Waals surface area contributed by atoms with Gasteiger partial charge in [-0.2, -0.15) is 4.98 Å². The lowest BCUT2D eigenvalue weighted by molar-refractivity contribution is -0.660. The Balaban J connectivity index is 1.82. The standard InChI is InChI=1S/C12H11N6OP/c20-17-9-1-3-10(4-2-9)19-12-5-11(14-7-15-12)18-8-13-6-16-18/h1-8,17H,20H2/p+1. The minimum absolute atomic E-state index is 0.462. The number of aromatic amines is 1. The second-order valence-electron chi connectivity index (χ2n) is 3.88. The Morgan fingerprint density at radius 1 is 1.20 bits per heavy atom. The van der Waals surface area contributed by atoms with E-state index in [-0.39, 0.29) is 0 Å². The zero-order valence-electron chi connectivity index (χ0n) is 10.4. The van der Waals surface area contributed by atoms with Gasteiger partial charge in [0.1, 0.15) is 5.75 Å². The molecule has 0 bridgehead atoms. The zero-order chi connectivity index (χ0) is 13.8. The van der Waals surface area contributed by atoms with Gasteiger partial charge in [0.15, 0.2) is 12.7 Å². The maximum atomic E-state index is 5.68. The van der Waals surface area contributed by atoms with Crippen molar-refractivity contribution in [1.82, 2.24) is 20.1 Å². The molecule has 0 aliphatic rings. The van der Waals surface area contributed by atoms with Gasteiger partial charge in [-0.25, -0.2) is 5.10 Å². The Hall–Kier alpha value is -2.53. The molecule has 1 atom stereocenters. The molecular formula is C12H12N6OP+. The van der Waals surface area contributed by atoms with Crippen LogP contribution in [0.1, 0.15) is 0 Å². The van der Waals surface area contributed by atoms with Crippen molar-refractivity contribution in [2.75, 3.05) is 5.09 Å². The van der Waals surface area contributed by atoms with Crippen LogP contribution >= 0.6 is 9.39 Å². The average molecular weight is 287 g/mol. The van der Waals surface area contributed by atoms with Gasteiger partial charge in [0, 0.05) is 5.69 Å². The lowest BCUT2D eigenvalue weighted by atomic mass is 10.3. The van der Waals surface area contributed by atoms with Crippen molar-refractivity contribution < 1.29 is 9.42 Å². The number of ether oxygens (including phenoxy) is 1. The molecule has 3 aromatic rings. The van der Waals surface area contributed by atoms with Gasteiger partial charge >= 0.3 is 0 Å². The number of anilines is 1. The van der Waals surface area contributed by atoms with E-state index in [2.05, 4.69) is 34.5 Å². The smallest absolute Gasteiger partial charge is 0.291 e. The second kappa shape index (κ2) is 5.63. The average Bonchev–Trinajstić information content (AvgIpc) is 3.03. The van der Waals surface area contributed by atoms with Crippen LogP contribution in [-0.4, -0.2) is 20.1 Å². The van der Waals surface area contributed by atoms with Gasteiger partial charge < -0.3 is 9.82 Å². The van der Waals surface area contributed by atoms with Gasteiger partial charge in [-0.15, -0.1) is 4.68 Å². The summed E-state index contributed by atoms with van der Waals surface area (Å²) < 4.78 is 7.35. The summed E-state index contributed by atoms with van der Waals surface area (Å²) in [5.74, 6) is 1.81. The Kier molecular flexibility index (Phi) is 3.52. The number of hydrogen-bond acceptors (Lipinski definition) is 5. The number of nitrogens with zero attached hydrogens (tertiary/aromatic N) is 4. The number of H-pyrrole nitrogens is 1. The molecule has 3 rings (SSSR count). The molecule has 0 radical (unpaired) electrons. The molecule has 1 aromatic carbocycles. The van der Waals surface area contributed by atoms with Gasteiger partial charge in [-0.3, -0.25) is 0 Å². The highest BCUT2D eigenvalue weighted by Crippen LogP contribution is 2.21. The van der Waals surface area contributed by atoms with Crippen molar-refractivity contribution in [1.29, 1.82) is 0 Å². The molecule has 1 unspecified atom stereocenters. The predicted molar refractivity (Wildman–Crippen MR) is 75.6 cm³/mol. The summed E-state index contributed by atoms with van der Waals surface area (Å²) in [6.45, 7) is 0. The van der Waals surface area contributed by atoms with Gasteiger partial charge in [0.05, 0.1) is 6.07 Å². The van der Waals surface area contributed by atoms with E-state index in [1.165, 1.54) is 6.33 Å². The number of hydrogen-bond donors (Lipinski definition) is 2. The van der Waals surface area contributed by atoms with Crippen LogP contribution in [-0.2, 0) is 0 Å². The molecule has 8 heteroatoms. The fraction of sp³-hybridized carbons (Fsp3) is 0. The molecule has 2 aromatic heterocycles. The van der Waals surface area contributed by atoms with E-state index in [1.807, 2.05) is 24.3 Å². The molecule has 2 N–H and O–H groups in total. The highest BCUT2D eigenvalue weighted by Gasteiger charge is 2.09. The molecule has 100 valence electrons. The van der Waals surface area contributed by atoms with Crippen LogP contribution < -0.4 is 14.5 Å². The zero-order valence-corrected chi connectivity index (χ0v) is 11.5. The number of nitrogens with one attached hydrogen (secondary N) is 2. The molecular weight excluding hydrogens is 275 g/mol. The summed E-state index contributed by atoms with van der Waals surface area (Å²) >= 11 is 0. The first kappa shape index (κ1) is 12.5. The molecule has 0 aliphatic carbocycles. The second-order valence-corrected chi connectivity index (χ2v) is 4.17. The quantitative estimate of drug-likeness (QED) is 0.561. The van der Waals surface area contributed by atoms with E-state index < -0.39 is 0 Å². The van der Waals surface area contributed by atoms with Gasteiger partial charge in [0.25, 0.3) is 5.82 Å². The van der Waals surface area contributed by atoms with Crippen LogP contribution in [0, 0.1) is 0 Å². The van der Waals surface area contributed by atoms with Crippen molar-refractivity contribution in [3.05, 3.63) is 49.3 Å². The summed E-state index contributed by atoms with van der Waals surface area (Å²) in [5, 5.41) is 5.88. The van der Waals surface area contributed by atoms with Crippen molar-refractivity contribution in [3.63, 3.8) is 0 Å². The first-order valence-corrected chi connectivity index (χ1v) is 6.40. The number of rotatable bonds is 4. The van der Waals surface area contributed by atoms with E-state index in [1.54, 1.807) is 23.4 Å². The van der Waals surface area contributed by atoms with Crippen LogP contribution in [0.3, 0.4) is 0 Å². The fourth-order valence-corrected chi connectivity index (χ4v) is 1.80. The Morgan fingerprint density at radius 3 is 2.75 bits per heavy atom. The Morgan fingerprint density at radius 2 is 2.05 bits per heavy atom. The van der Waals surface area contributed by atoms with E-state index in [4.69, 9.17) is 4.74 Å². The summed E-state index contributed by atoms with van der Waals surface area (Å²) in [7, 11) is 2.44. The predicted octanol–water partition coefficient (Wildman–Crippen LogP) is 1.47. The first-order valence-electron chi connectivity index (χ1n) is 5.82. The molecule has 2 heterocycles. The van der Waals surface area contributed by atoms with E-state index in [0.717, 1.165) is 5.69 Å². The van der Waals surface area contributed by atoms with Crippen LogP contribution in [0.5, 0.6) is 11.6 Å². The van der Waals surface area contributed by atoms with Crippen LogP contribution in [0.4, 0.5) is 5.69 Å². The van der Waals surface area contributed by atoms with Gasteiger partial charge in [-0.05, 0) is 33.7 Å². The molecule has 0 saturated carbocycles. The minimum Gasteiger partial charge on any atom is -0.439 e. The summed E-state index contributed by atoms with van der Waals surface area (Å²) in [6, 6.07) is 9.26. The van der Waals surface area contributed by atoms with Gasteiger partial charge in [0.2, 0.25) is 12.2 Å². The summed E-state index contributed by atoms with van der Waals surface area (Å²) in [6.07, 6.45) is 4.62. The van der Waals surface area contributed by atoms with E-state index >= 15 is 0 Å². The van der Waals surface area contributed by atoms with Crippen LogP contribution in [0.25, 0.3) is 5.82 Å². The molecule has 0 amide bonds. The summed E-state index contributed by atoms with van der Waals surface area (Å²) in [5.41, 5.74) is 0.985. The minimum atomic E-state index is 0.462. The summed E-state index contributed by atoms with van der Waals surface area (Å²) in [4.78, 5) is 12.2. The SMILES string of the molecule is PNc1ccc(Oc2cc(-[n+]3cnc[nH]3)ncn2)cc1. The first-order chi connectivity index (χ1) is 9.85. The normalized spacial score (nSPS) is 10.2. The third kappa shape index (κ3) is 2.73. The monoisotopic (exact) mass is 287 g/mol. The third-order valence-corrected chi connectivity index (χ3v) is 2.90. The van der Waals surface area contributed by atoms with Crippen molar-refractivity contribution in [2.24, 2.45) is 0 Å². The van der Waals surface area contributed by atoms with Gasteiger partial charge in [-0.1, -0.05) is 9.97 Å². The van der Waals surface area contributed by atoms with E-state index in [0.29, 0.717) is 17.4 Å². The highest BCUT2D eigenvalue weighted by atomic mass is 31.0. The molecule has 7 nitrogen and oxygen atoms in total. The molecule has 0 aliphatic heterocycles. The fourth-order valence-electron chi connectivity index (χ4n) is 1.61. The molecule has 0 fully saturated rings. The molecule has 0 saturated heterocycles. The number of benzene rings is 1. The maximum absolute atomic E-state index is 5.68. The molecule has 20 heavy (non-hydrogen) atoms. The van der Waals surface area contributed by atoms with Crippen LogP contribution in [0.2, 0.25) is 0 Å². The van der Waals surface area contributed by atoms with Crippen molar-refractivity contribution >= 4 is 15.1 Å². The lowest BCUT2D eigenvalue weighted by Gasteiger charge is -2.05.